The fourth-order valence-electron chi connectivity index (χ4n) is 2.11. The molecule has 2 aromatic heterocycles. The lowest BCUT2D eigenvalue weighted by Crippen LogP contribution is -1.99. The van der Waals surface area contributed by atoms with E-state index in [0.29, 0.717) is 5.82 Å². The van der Waals surface area contributed by atoms with E-state index in [9.17, 15) is 0 Å². The van der Waals surface area contributed by atoms with Gasteiger partial charge in [-0.2, -0.15) is 0 Å². The number of fused-ring (bicyclic) bond motifs is 1. The number of pyridine rings is 1. The van der Waals surface area contributed by atoms with E-state index < -0.39 is 0 Å². The monoisotopic (exact) mass is 250 g/mol. The number of para-hydroxylation sites is 1. The lowest BCUT2D eigenvalue weighted by atomic mass is 10.1. The van der Waals surface area contributed by atoms with E-state index in [4.69, 9.17) is 0 Å². The van der Waals surface area contributed by atoms with E-state index in [2.05, 4.69) is 33.3 Å². The van der Waals surface area contributed by atoms with E-state index in [1.54, 1.807) is 12.4 Å². The molecule has 3 rings (SSSR count). The fraction of sp³-hybridized carbons (Fsp3) is 0.133. The molecule has 0 aliphatic rings. The Kier molecular flexibility index (Phi) is 2.83. The summed E-state index contributed by atoms with van der Waals surface area (Å²) in [5.74, 6) is 1.53. The zero-order chi connectivity index (χ0) is 13.2. The number of hydrogen-bond donors (Lipinski definition) is 1. The van der Waals surface area contributed by atoms with Gasteiger partial charge in [0.05, 0.1) is 5.52 Å². The number of aryl methyl sites for hydroxylation is 1. The van der Waals surface area contributed by atoms with Gasteiger partial charge in [-0.25, -0.2) is 9.97 Å². The topological polar surface area (TPSA) is 50.7 Å². The van der Waals surface area contributed by atoms with Gasteiger partial charge in [0.25, 0.3) is 0 Å². The maximum atomic E-state index is 4.66. The van der Waals surface area contributed by atoms with E-state index in [-0.39, 0.29) is 0 Å². The number of nitrogens with one attached hydrogen (secondary N) is 1. The van der Waals surface area contributed by atoms with Crippen molar-refractivity contribution in [3.63, 3.8) is 0 Å². The first kappa shape index (κ1) is 11.6. The van der Waals surface area contributed by atoms with Crippen LogP contribution >= 0.6 is 0 Å². The molecule has 0 atom stereocenters. The summed E-state index contributed by atoms with van der Waals surface area (Å²) in [7, 11) is 1.87. The van der Waals surface area contributed by atoms with Gasteiger partial charge < -0.3 is 5.32 Å². The van der Waals surface area contributed by atoms with Crippen LogP contribution in [0.1, 0.15) is 5.56 Å². The van der Waals surface area contributed by atoms with Gasteiger partial charge in [0.1, 0.15) is 5.82 Å². The Morgan fingerprint density at radius 1 is 1.05 bits per heavy atom. The van der Waals surface area contributed by atoms with E-state index >= 15 is 0 Å². The highest BCUT2D eigenvalue weighted by molar-refractivity contribution is 5.92. The zero-order valence-corrected chi connectivity index (χ0v) is 10.9. The molecule has 0 saturated carbocycles. The molecule has 0 fully saturated rings. The van der Waals surface area contributed by atoms with Crippen LogP contribution in [-0.4, -0.2) is 22.0 Å². The second-order valence-electron chi connectivity index (χ2n) is 4.36. The van der Waals surface area contributed by atoms with Crippen LogP contribution < -0.4 is 5.32 Å². The number of hydrogen-bond acceptors (Lipinski definition) is 4. The van der Waals surface area contributed by atoms with Crippen molar-refractivity contribution < 1.29 is 0 Å². The standard InChI is InChI=1S/C15H14N4/c1-10-5-3-7-12-13(10)18-14(19-15(12)16-2)11-6-4-8-17-9-11/h3-9H,1-2H3,(H,16,18,19). The summed E-state index contributed by atoms with van der Waals surface area (Å²) in [4.78, 5) is 13.3. The minimum Gasteiger partial charge on any atom is -0.373 e. The van der Waals surface area contributed by atoms with Gasteiger partial charge in [-0.05, 0) is 30.7 Å². The summed E-state index contributed by atoms with van der Waals surface area (Å²) < 4.78 is 0. The summed E-state index contributed by atoms with van der Waals surface area (Å²) >= 11 is 0. The molecule has 2 heterocycles. The van der Waals surface area contributed by atoms with Crippen molar-refractivity contribution >= 4 is 16.7 Å². The molecule has 0 aliphatic carbocycles. The quantitative estimate of drug-likeness (QED) is 0.759. The van der Waals surface area contributed by atoms with Crippen LogP contribution in [0.2, 0.25) is 0 Å². The van der Waals surface area contributed by atoms with Crippen LogP contribution in [0.15, 0.2) is 42.7 Å². The molecule has 4 nitrogen and oxygen atoms in total. The Morgan fingerprint density at radius 2 is 1.95 bits per heavy atom. The predicted molar refractivity (Wildman–Crippen MR) is 77.1 cm³/mol. The molecule has 0 aliphatic heterocycles. The maximum absolute atomic E-state index is 4.66. The van der Waals surface area contributed by atoms with Crippen LogP contribution in [0, 0.1) is 6.92 Å². The summed E-state index contributed by atoms with van der Waals surface area (Å²) in [6.45, 7) is 2.06. The minimum atomic E-state index is 0.694. The minimum absolute atomic E-state index is 0.694. The number of nitrogens with zero attached hydrogens (tertiary/aromatic N) is 3. The van der Waals surface area contributed by atoms with Gasteiger partial charge in [-0.3, -0.25) is 4.98 Å². The molecule has 3 aromatic rings. The number of rotatable bonds is 2. The molecule has 1 N–H and O–H groups in total. The highest BCUT2D eigenvalue weighted by Gasteiger charge is 2.09. The molecule has 19 heavy (non-hydrogen) atoms. The van der Waals surface area contributed by atoms with Crippen LogP contribution in [0.4, 0.5) is 5.82 Å². The Balaban J connectivity index is 2.31. The maximum Gasteiger partial charge on any atom is 0.163 e. The molecule has 1 aromatic carbocycles. The summed E-state index contributed by atoms with van der Waals surface area (Å²) in [6.07, 6.45) is 3.52. The first-order chi connectivity index (χ1) is 9.29. The van der Waals surface area contributed by atoms with Crippen molar-refractivity contribution in [2.45, 2.75) is 6.92 Å². The average molecular weight is 250 g/mol. The summed E-state index contributed by atoms with van der Waals surface area (Å²) in [5, 5.41) is 4.17. The van der Waals surface area contributed by atoms with Gasteiger partial charge in [0.2, 0.25) is 0 Å². The van der Waals surface area contributed by atoms with E-state index in [1.807, 2.05) is 31.3 Å². The highest BCUT2D eigenvalue weighted by atomic mass is 15.0. The number of benzene rings is 1. The van der Waals surface area contributed by atoms with Crippen molar-refractivity contribution in [2.24, 2.45) is 0 Å². The molecule has 0 radical (unpaired) electrons. The van der Waals surface area contributed by atoms with Crippen LogP contribution in [0.3, 0.4) is 0 Å². The van der Waals surface area contributed by atoms with Crippen molar-refractivity contribution in [1.82, 2.24) is 15.0 Å². The Labute approximate surface area is 111 Å². The molecule has 0 bridgehead atoms. The smallest absolute Gasteiger partial charge is 0.163 e. The third kappa shape index (κ3) is 2.01. The molecule has 0 unspecified atom stereocenters. The molecular formula is C15H14N4. The Morgan fingerprint density at radius 3 is 2.68 bits per heavy atom. The molecule has 94 valence electrons. The van der Waals surface area contributed by atoms with Gasteiger partial charge >= 0.3 is 0 Å². The van der Waals surface area contributed by atoms with Crippen LogP contribution in [0.25, 0.3) is 22.3 Å². The van der Waals surface area contributed by atoms with Gasteiger partial charge in [0.15, 0.2) is 5.82 Å². The zero-order valence-electron chi connectivity index (χ0n) is 10.9. The first-order valence-corrected chi connectivity index (χ1v) is 6.15. The van der Waals surface area contributed by atoms with Crippen molar-refractivity contribution in [3.8, 4) is 11.4 Å². The summed E-state index contributed by atoms with van der Waals surface area (Å²) in [5.41, 5.74) is 3.03. The molecular weight excluding hydrogens is 236 g/mol. The van der Waals surface area contributed by atoms with E-state index in [1.165, 1.54) is 0 Å². The second kappa shape index (κ2) is 4.65. The lowest BCUT2D eigenvalue weighted by Gasteiger charge is -2.09. The first-order valence-electron chi connectivity index (χ1n) is 6.15. The predicted octanol–water partition coefficient (Wildman–Crippen LogP) is 3.04. The Bertz CT molecular complexity index is 723. The molecule has 4 heteroatoms. The third-order valence-electron chi connectivity index (χ3n) is 3.08. The molecule has 0 amide bonds. The second-order valence-corrected chi connectivity index (χ2v) is 4.36. The Hall–Kier alpha value is -2.49. The van der Waals surface area contributed by atoms with Crippen molar-refractivity contribution in [3.05, 3.63) is 48.3 Å². The van der Waals surface area contributed by atoms with Crippen molar-refractivity contribution in [2.75, 3.05) is 12.4 Å². The molecule has 0 saturated heterocycles. The number of aromatic nitrogens is 3. The third-order valence-corrected chi connectivity index (χ3v) is 3.08. The van der Waals surface area contributed by atoms with Gasteiger partial charge in [-0.15, -0.1) is 0 Å². The van der Waals surface area contributed by atoms with E-state index in [0.717, 1.165) is 27.8 Å². The number of anilines is 1. The normalized spacial score (nSPS) is 10.6. The van der Waals surface area contributed by atoms with Gasteiger partial charge in [-0.1, -0.05) is 12.1 Å². The highest BCUT2D eigenvalue weighted by Crippen LogP contribution is 2.26. The van der Waals surface area contributed by atoms with Crippen molar-refractivity contribution in [1.29, 1.82) is 0 Å². The summed E-state index contributed by atoms with van der Waals surface area (Å²) in [6, 6.07) is 9.96. The SMILES string of the molecule is CNc1nc(-c2cccnc2)nc2c(C)cccc12. The lowest BCUT2D eigenvalue weighted by molar-refractivity contribution is 1.19. The fourth-order valence-corrected chi connectivity index (χ4v) is 2.11. The largest absolute Gasteiger partial charge is 0.373 e. The van der Waals surface area contributed by atoms with Crippen LogP contribution in [0.5, 0.6) is 0 Å². The van der Waals surface area contributed by atoms with Gasteiger partial charge in [0, 0.05) is 30.4 Å². The molecule has 0 spiro atoms. The average Bonchev–Trinajstić information content (AvgIpc) is 2.48. The van der Waals surface area contributed by atoms with Crippen LogP contribution in [-0.2, 0) is 0 Å².